The Balaban J connectivity index is 1.30. The van der Waals surface area contributed by atoms with Gasteiger partial charge in [0.1, 0.15) is 6.29 Å². The molecule has 5 rings (SSSR count). The zero-order valence-corrected chi connectivity index (χ0v) is 19.9. The van der Waals surface area contributed by atoms with Crippen LogP contribution in [-0.4, -0.2) is 57.0 Å². The number of piperazine rings is 1. The van der Waals surface area contributed by atoms with Crippen molar-refractivity contribution in [2.45, 2.75) is 11.8 Å². The maximum atomic E-state index is 13.2. The lowest BCUT2D eigenvalue weighted by Gasteiger charge is -2.35. The van der Waals surface area contributed by atoms with Crippen molar-refractivity contribution in [1.82, 2.24) is 4.31 Å². The van der Waals surface area contributed by atoms with Crippen molar-refractivity contribution in [1.29, 1.82) is 0 Å². The van der Waals surface area contributed by atoms with Gasteiger partial charge in [0.2, 0.25) is 10.0 Å². The smallest absolute Gasteiger partial charge is 0.266 e. The van der Waals surface area contributed by atoms with Crippen LogP contribution in [0.25, 0.3) is 0 Å². The third-order valence-corrected chi connectivity index (χ3v) is 8.42. The molecule has 2 aliphatic heterocycles. The Morgan fingerprint density at radius 3 is 1.89 bits per heavy atom. The van der Waals surface area contributed by atoms with Crippen molar-refractivity contribution >= 4 is 39.5 Å². The molecule has 0 saturated carbocycles. The standard InChI is InChI=1S/C26H23N3O5S/c1-18-16-21(7-6-19(18)17-30)27-12-14-28(15-13-27)35(33,34)22-10-8-20(9-11-22)29-25(31)23-4-2-3-5-24(23)26(29)32/h2-11,16-17H,12-15H2,1H3. The highest BCUT2D eigenvalue weighted by Gasteiger charge is 2.36. The van der Waals surface area contributed by atoms with Gasteiger partial charge in [-0.25, -0.2) is 13.3 Å². The molecule has 1 saturated heterocycles. The molecule has 3 aromatic rings. The number of hydrogen-bond acceptors (Lipinski definition) is 6. The third kappa shape index (κ3) is 3.92. The SMILES string of the molecule is Cc1cc(N2CCN(S(=O)(=O)c3ccc(N4C(=O)c5ccccc5C4=O)cc3)CC2)ccc1C=O. The lowest BCUT2D eigenvalue weighted by Crippen LogP contribution is -2.48. The summed E-state index contributed by atoms with van der Waals surface area (Å²) in [5.41, 5.74) is 3.47. The van der Waals surface area contributed by atoms with E-state index in [2.05, 4.69) is 4.90 Å². The summed E-state index contributed by atoms with van der Waals surface area (Å²) in [6.07, 6.45) is 0.823. The van der Waals surface area contributed by atoms with Crippen LogP contribution in [0, 0.1) is 6.92 Å². The van der Waals surface area contributed by atoms with E-state index in [0.29, 0.717) is 48.6 Å². The van der Waals surface area contributed by atoms with Gasteiger partial charge in [0.15, 0.2) is 0 Å². The summed E-state index contributed by atoms with van der Waals surface area (Å²) in [5.74, 6) is -0.845. The molecule has 8 nitrogen and oxygen atoms in total. The van der Waals surface area contributed by atoms with Gasteiger partial charge in [-0.1, -0.05) is 12.1 Å². The summed E-state index contributed by atoms with van der Waals surface area (Å²) in [4.78, 5) is 39.7. The highest BCUT2D eigenvalue weighted by molar-refractivity contribution is 7.89. The number of nitrogens with zero attached hydrogens (tertiary/aromatic N) is 3. The second-order valence-corrected chi connectivity index (χ2v) is 10.5. The van der Waals surface area contributed by atoms with Crippen LogP contribution in [0.3, 0.4) is 0 Å². The van der Waals surface area contributed by atoms with Crippen molar-refractivity contribution in [3.63, 3.8) is 0 Å². The fourth-order valence-corrected chi connectivity index (χ4v) is 5.94. The quantitative estimate of drug-likeness (QED) is 0.404. The van der Waals surface area contributed by atoms with Gasteiger partial charge in [-0.15, -0.1) is 0 Å². The van der Waals surface area contributed by atoms with Gasteiger partial charge in [-0.05, 0) is 67.1 Å². The van der Waals surface area contributed by atoms with Gasteiger partial charge >= 0.3 is 0 Å². The van der Waals surface area contributed by atoms with Crippen LogP contribution < -0.4 is 9.80 Å². The molecule has 0 bridgehead atoms. The lowest BCUT2D eigenvalue weighted by atomic mass is 10.1. The van der Waals surface area contributed by atoms with E-state index < -0.39 is 21.8 Å². The summed E-state index contributed by atoms with van der Waals surface area (Å²) < 4.78 is 27.9. The average Bonchev–Trinajstić information content (AvgIpc) is 3.14. The van der Waals surface area contributed by atoms with E-state index in [4.69, 9.17) is 0 Å². The van der Waals surface area contributed by atoms with Gasteiger partial charge in [0.05, 0.1) is 21.7 Å². The number of benzene rings is 3. The summed E-state index contributed by atoms with van der Waals surface area (Å²) in [7, 11) is -3.74. The van der Waals surface area contributed by atoms with Crippen LogP contribution in [0.1, 0.15) is 36.6 Å². The number of anilines is 2. The predicted octanol–water partition coefficient (Wildman–Crippen LogP) is 3.12. The number of aryl methyl sites for hydroxylation is 1. The molecule has 2 amide bonds. The van der Waals surface area contributed by atoms with Gasteiger partial charge in [0.25, 0.3) is 11.8 Å². The molecule has 0 N–H and O–H groups in total. The molecule has 0 atom stereocenters. The van der Waals surface area contributed by atoms with Gasteiger partial charge in [-0.2, -0.15) is 4.31 Å². The summed E-state index contributed by atoms with van der Waals surface area (Å²) in [6, 6.07) is 18.0. The monoisotopic (exact) mass is 489 g/mol. The first-order valence-corrected chi connectivity index (χ1v) is 12.6. The zero-order chi connectivity index (χ0) is 24.7. The maximum Gasteiger partial charge on any atom is 0.266 e. The van der Waals surface area contributed by atoms with Crippen LogP contribution in [0.5, 0.6) is 0 Å². The molecule has 0 aromatic heterocycles. The average molecular weight is 490 g/mol. The number of hydrogen-bond donors (Lipinski definition) is 0. The Morgan fingerprint density at radius 1 is 0.771 bits per heavy atom. The molecule has 2 aliphatic rings. The van der Waals surface area contributed by atoms with Crippen molar-refractivity contribution in [3.8, 4) is 0 Å². The molecule has 0 radical (unpaired) electrons. The van der Waals surface area contributed by atoms with Crippen molar-refractivity contribution in [2.24, 2.45) is 0 Å². The number of carbonyl (C=O) groups excluding carboxylic acids is 3. The van der Waals surface area contributed by atoms with Crippen LogP contribution in [0.2, 0.25) is 0 Å². The number of fused-ring (bicyclic) bond motifs is 1. The minimum absolute atomic E-state index is 0.109. The van der Waals surface area contributed by atoms with Crippen molar-refractivity contribution in [2.75, 3.05) is 36.0 Å². The number of amides is 2. The Labute approximate surface area is 203 Å². The molecule has 35 heavy (non-hydrogen) atoms. The minimum Gasteiger partial charge on any atom is -0.369 e. The molecule has 0 aliphatic carbocycles. The van der Waals surface area contributed by atoms with Crippen molar-refractivity contribution in [3.05, 3.63) is 89.0 Å². The summed E-state index contributed by atoms with van der Waals surface area (Å²) in [5, 5.41) is 0. The van der Waals surface area contributed by atoms with Crippen molar-refractivity contribution < 1.29 is 22.8 Å². The highest BCUT2D eigenvalue weighted by atomic mass is 32.2. The molecule has 3 aromatic carbocycles. The van der Waals surface area contributed by atoms with Crippen LogP contribution >= 0.6 is 0 Å². The third-order valence-electron chi connectivity index (χ3n) is 6.51. The number of carbonyl (C=O) groups is 3. The largest absolute Gasteiger partial charge is 0.369 e. The lowest BCUT2D eigenvalue weighted by molar-refractivity contribution is 0.0925. The Hall–Kier alpha value is -3.82. The van der Waals surface area contributed by atoms with Crippen LogP contribution in [0.15, 0.2) is 71.6 Å². The second kappa shape index (κ2) is 8.75. The van der Waals surface area contributed by atoms with E-state index in [-0.39, 0.29) is 4.90 Å². The fraction of sp³-hybridized carbons (Fsp3) is 0.192. The first-order chi connectivity index (χ1) is 16.8. The normalized spacial score (nSPS) is 16.5. The minimum atomic E-state index is -3.74. The van der Waals surface area contributed by atoms with E-state index in [1.54, 1.807) is 30.3 Å². The Morgan fingerprint density at radius 2 is 1.34 bits per heavy atom. The molecular formula is C26H23N3O5S. The van der Waals surface area contributed by atoms with Gasteiger partial charge < -0.3 is 4.90 Å². The van der Waals surface area contributed by atoms with E-state index in [9.17, 15) is 22.8 Å². The summed E-state index contributed by atoms with van der Waals surface area (Å²) >= 11 is 0. The molecule has 2 heterocycles. The van der Waals surface area contributed by atoms with E-state index in [1.807, 2.05) is 19.1 Å². The van der Waals surface area contributed by atoms with Crippen LogP contribution in [0.4, 0.5) is 11.4 Å². The predicted molar refractivity (Wildman–Crippen MR) is 132 cm³/mol. The number of imide groups is 1. The molecule has 178 valence electrons. The first kappa shape index (κ1) is 22.9. The van der Waals surface area contributed by atoms with E-state index in [1.165, 1.54) is 28.6 Å². The zero-order valence-electron chi connectivity index (χ0n) is 19.0. The van der Waals surface area contributed by atoms with Gasteiger partial charge in [-0.3, -0.25) is 14.4 Å². The number of aldehydes is 1. The van der Waals surface area contributed by atoms with Crippen LogP contribution in [-0.2, 0) is 10.0 Å². The van der Waals surface area contributed by atoms with E-state index in [0.717, 1.165) is 22.4 Å². The van der Waals surface area contributed by atoms with Gasteiger partial charge in [0, 0.05) is 37.4 Å². The molecule has 9 heteroatoms. The summed E-state index contributed by atoms with van der Waals surface area (Å²) in [6.45, 7) is 3.55. The second-order valence-electron chi connectivity index (χ2n) is 8.54. The van der Waals surface area contributed by atoms with E-state index >= 15 is 0 Å². The Bertz CT molecular complexity index is 1410. The molecule has 0 unspecified atom stereocenters. The maximum absolute atomic E-state index is 13.2. The number of rotatable bonds is 5. The highest BCUT2D eigenvalue weighted by Crippen LogP contribution is 2.30. The fourth-order valence-electron chi connectivity index (χ4n) is 4.52. The molecule has 0 spiro atoms. The topological polar surface area (TPSA) is 95.1 Å². The Kier molecular flexibility index (Phi) is 5.74. The molecular weight excluding hydrogens is 466 g/mol. The molecule has 1 fully saturated rings. The first-order valence-electron chi connectivity index (χ1n) is 11.2. The number of sulfonamides is 1.